The molecule has 4 aromatic heterocycles. The summed E-state index contributed by atoms with van der Waals surface area (Å²) in [4.78, 5) is 111. The van der Waals surface area contributed by atoms with Crippen LogP contribution in [0.1, 0.15) is 150 Å². The monoisotopic (exact) mass is 1820 g/mol. The Hall–Kier alpha value is -8.67. The van der Waals surface area contributed by atoms with E-state index >= 15 is 0 Å². The summed E-state index contributed by atoms with van der Waals surface area (Å²) >= 11 is 22.5. The second-order valence-corrected chi connectivity index (χ2v) is 38.2. The molecule has 4 heterocycles. The summed E-state index contributed by atoms with van der Waals surface area (Å²) in [6.07, 6.45) is 7.00. The van der Waals surface area contributed by atoms with Crippen LogP contribution in [0.2, 0.25) is 5.15 Å². The molecule has 4 N–H and O–H groups in total. The number of carbonyl (C=O) groups excluding carboxylic acids is 4. The van der Waals surface area contributed by atoms with Crippen molar-refractivity contribution in [2.45, 2.75) is 186 Å². The first-order chi connectivity index (χ1) is 53.9. The van der Waals surface area contributed by atoms with E-state index in [0.717, 1.165) is 75.3 Å². The Morgan fingerprint density at radius 3 is 1.08 bits per heavy atom. The van der Waals surface area contributed by atoms with Crippen LogP contribution in [0.25, 0.3) is 65.8 Å². The number of hydrogen-bond acceptors (Lipinski definition) is 16. The topological polar surface area (TPSA) is 289 Å². The van der Waals surface area contributed by atoms with Gasteiger partial charge in [-0.15, -0.1) is 0 Å². The molecule has 0 bridgehead atoms. The first-order valence-corrected chi connectivity index (χ1v) is 42.6. The second-order valence-electron chi connectivity index (χ2n) is 29.0. The number of hydrogen-bond donors (Lipinski definition) is 4. The number of thioether (sulfide) groups is 4. The summed E-state index contributed by atoms with van der Waals surface area (Å²) in [6, 6.07) is 51.2. The van der Waals surface area contributed by atoms with Crippen LogP contribution in [-0.4, -0.2) is 125 Å². The number of aliphatic carboxylic acids is 4. The van der Waals surface area contributed by atoms with Gasteiger partial charge < -0.3 is 20.4 Å². The first kappa shape index (κ1) is 89.3. The van der Waals surface area contributed by atoms with Crippen LogP contribution in [0.5, 0.6) is 0 Å². The minimum Gasteiger partial charge on any atom is -0.481 e. The largest absolute Gasteiger partial charge is 0.481 e. The van der Waals surface area contributed by atoms with Gasteiger partial charge in [0.25, 0.3) is 0 Å². The molecule has 596 valence electrons. The van der Waals surface area contributed by atoms with E-state index in [1.54, 1.807) is 38.6 Å². The van der Waals surface area contributed by atoms with Crippen LogP contribution in [-0.2, 0) is 44.8 Å². The molecule has 0 atom stereocenters. The molecule has 28 heteroatoms. The van der Waals surface area contributed by atoms with Crippen molar-refractivity contribution in [2.75, 3.05) is 0 Å². The van der Waals surface area contributed by atoms with Crippen LogP contribution in [0, 0.1) is 6.92 Å². The van der Waals surface area contributed by atoms with E-state index < -0.39 is 42.9 Å². The number of nitrogens with zero attached hydrogens (tertiary/aromatic N) is 8. The van der Waals surface area contributed by atoms with Crippen molar-refractivity contribution >= 4 is 197 Å². The van der Waals surface area contributed by atoms with E-state index in [0.29, 0.717) is 31.7 Å². The highest BCUT2D eigenvalue weighted by molar-refractivity contribution is 9.11. The lowest BCUT2D eigenvalue weighted by Gasteiger charge is -2.23. The highest BCUT2D eigenvalue weighted by atomic mass is 79.9. The van der Waals surface area contributed by atoms with Crippen LogP contribution >= 0.6 is 106 Å². The summed E-state index contributed by atoms with van der Waals surface area (Å²) in [7, 11) is 0. The zero-order valence-corrected chi connectivity index (χ0v) is 73.7. The van der Waals surface area contributed by atoms with Gasteiger partial charge in [-0.1, -0.05) is 207 Å². The van der Waals surface area contributed by atoms with Crippen molar-refractivity contribution in [1.29, 1.82) is 0 Å². The highest BCUT2D eigenvalue weighted by Crippen LogP contribution is 2.44. The molecule has 0 saturated heterocycles. The quantitative estimate of drug-likeness (QED) is 0.0304. The number of Topliss-reactive ketones (excluding diaryl/α,β-unsaturated/α-hetero) is 4. The van der Waals surface area contributed by atoms with Gasteiger partial charge >= 0.3 is 23.9 Å². The number of imidazole rings is 4. The van der Waals surface area contributed by atoms with Gasteiger partial charge in [-0.3, -0.25) is 56.6 Å². The molecule has 0 saturated carbocycles. The number of halogens is 4. The Balaban J connectivity index is 0.000000174. The van der Waals surface area contributed by atoms with Crippen molar-refractivity contribution in [3.8, 4) is 22.7 Å². The number of ketones is 4. The van der Waals surface area contributed by atoms with E-state index in [1.807, 2.05) is 145 Å². The summed E-state index contributed by atoms with van der Waals surface area (Å²) in [6.45, 7) is 23.0. The molecular formula is C86H88Br3ClN8O12S4. The number of carboxylic acids is 4. The normalized spacial score (nSPS) is 11.8. The third-order valence-corrected chi connectivity index (χ3v) is 25.6. The van der Waals surface area contributed by atoms with Gasteiger partial charge in [0.15, 0.2) is 20.6 Å². The zero-order valence-electron chi connectivity index (χ0n) is 65.0. The van der Waals surface area contributed by atoms with Gasteiger partial charge in [-0.25, -0.2) is 19.9 Å². The molecule has 114 heavy (non-hydrogen) atoms. The Morgan fingerprint density at radius 1 is 0.377 bits per heavy atom. The molecule has 20 nitrogen and oxygen atoms in total. The molecule has 0 fully saturated rings. The zero-order chi connectivity index (χ0) is 83.3. The number of benzene rings is 8. The number of aromatic nitrogens is 8. The molecule has 12 aromatic rings. The van der Waals surface area contributed by atoms with E-state index in [1.165, 1.54) is 74.5 Å². The number of carbonyl (C=O) groups is 8. The molecular weight excluding hydrogens is 1740 g/mol. The van der Waals surface area contributed by atoms with Crippen LogP contribution < -0.4 is 0 Å². The molecule has 0 amide bonds. The van der Waals surface area contributed by atoms with Gasteiger partial charge in [0.05, 0.1) is 92.2 Å². The molecule has 12 rings (SSSR count). The van der Waals surface area contributed by atoms with Crippen LogP contribution in [0.4, 0.5) is 0 Å². The first-order valence-electron chi connectivity index (χ1n) is 36.5. The fourth-order valence-corrected chi connectivity index (χ4v) is 18.8. The third-order valence-electron chi connectivity index (χ3n) is 18.9. The van der Waals surface area contributed by atoms with Gasteiger partial charge in [0.1, 0.15) is 42.1 Å². The lowest BCUT2D eigenvalue weighted by Crippen LogP contribution is -2.28. The van der Waals surface area contributed by atoms with E-state index in [4.69, 9.17) is 32.0 Å². The average Bonchev–Trinajstić information content (AvgIpc) is 1.50. The maximum absolute atomic E-state index is 12.6. The molecule has 8 aromatic carbocycles. The van der Waals surface area contributed by atoms with Crippen molar-refractivity contribution in [1.82, 2.24) is 38.2 Å². The van der Waals surface area contributed by atoms with Gasteiger partial charge in [-0.05, 0) is 185 Å². The average molecular weight is 1830 g/mol. The SMILES string of the molecule is CC(C)(Sc1ncc(Cl)n1-c1cccc2ccccc12)C(=O)CCC(=O)O.CC(C)c1ccc(-n2c(Br)cnc2SC(C)(C)C(=O)CCC(=O)O)c2ccccc12.CCc1ccc(-n2c(Br)cnc2SC(C)(C)C(=O)CCC(=O)O)c2ccccc12.Cc1ccc(-n2c(Br)cnc2SC(C)(C)C(=O)CCC(=O)O)c2ccccc12. The molecule has 0 aliphatic carbocycles. The Kier molecular flexibility index (Phi) is 30.4. The smallest absolute Gasteiger partial charge is 0.303 e. The van der Waals surface area contributed by atoms with Gasteiger partial charge in [0.2, 0.25) is 0 Å². The number of aryl methyl sites for hydroxylation is 2. The van der Waals surface area contributed by atoms with Gasteiger partial charge in [0, 0.05) is 47.2 Å². The van der Waals surface area contributed by atoms with Crippen molar-refractivity contribution in [2.24, 2.45) is 0 Å². The number of rotatable bonds is 30. The summed E-state index contributed by atoms with van der Waals surface area (Å²) in [5.74, 6) is -3.96. The number of fused-ring (bicyclic) bond motifs is 4. The van der Waals surface area contributed by atoms with Crippen LogP contribution in [0.3, 0.4) is 0 Å². The lowest BCUT2D eigenvalue weighted by molar-refractivity contribution is -0.139. The fourth-order valence-electron chi connectivity index (χ4n) is 12.5. The maximum atomic E-state index is 12.6. The molecule has 0 aliphatic rings. The maximum Gasteiger partial charge on any atom is 0.303 e. The Bertz CT molecular complexity index is 5610. The van der Waals surface area contributed by atoms with Crippen molar-refractivity contribution in [3.63, 3.8) is 0 Å². The number of carboxylic acid groups (broad SMARTS) is 4. The Morgan fingerprint density at radius 2 is 0.684 bits per heavy atom. The second kappa shape index (κ2) is 38.9. The minimum absolute atomic E-state index is 0.00320. The standard InChI is InChI=1S/C23H25BrN2O3S.C22H23BrN2O3S.C21H21BrN2O3S.C20H19ClN2O3S/c1-14(2)15-9-10-18(17-8-6-5-7-16(15)17)26-20(24)13-25-22(26)30-23(3,4)19(27)11-12-21(28)29;1-4-14-9-10-17(16-8-6-5-7-15(14)16)25-19(23)13-24-21(25)29-22(2,3)18(26)11-12-20(27)28;1-13-8-9-16(15-7-5-4-6-14(13)15)24-18(22)12-23-20(24)28-21(2,3)17(25)10-11-19(26)27;1-20(2,16(24)10-11-18(25)26)27-19-22-12-17(21)23(19)15-9-5-7-13-6-3-4-8-14(13)15/h5-10,13-14H,11-12H2,1-4H3,(H,28,29);5-10,13H,4,11-12H2,1-3H3,(H,27,28);4-9,12H,10-11H2,1-3H3,(H,26,27);3-9,12H,10-11H2,1-2H3,(H,25,26). The molecule has 0 spiro atoms. The Labute approximate surface area is 708 Å². The van der Waals surface area contributed by atoms with E-state index in [-0.39, 0.29) is 74.5 Å². The fraction of sp³-hybridized carbons (Fsp3) is 0.302. The van der Waals surface area contributed by atoms with E-state index in [9.17, 15) is 38.4 Å². The third kappa shape index (κ3) is 21.9. The molecule has 0 radical (unpaired) electrons. The summed E-state index contributed by atoms with van der Waals surface area (Å²) < 4.78 is 6.97. The predicted molar refractivity (Wildman–Crippen MR) is 468 cm³/mol. The van der Waals surface area contributed by atoms with Crippen molar-refractivity contribution < 1.29 is 58.8 Å². The highest BCUT2D eigenvalue weighted by Gasteiger charge is 2.36. The summed E-state index contributed by atoms with van der Waals surface area (Å²) in [5, 5.41) is 47.5. The van der Waals surface area contributed by atoms with Crippen molar-refractivity contribution in [3.05, 3.63) is 212 Å². The summed E-state index contributed by atoms with van der Waals surface area (Å²) in [5.41, 5.74) is 7.57. The minimum atomic E-state index is -0.982. The van der Waals surface area contributed by atoms with Crippen LogP contribution in [0.15, 0.2) is 211 Å². The predicted octanol–water partition coefficient (Wildman–Crippen LogP) is 22.3. The van der Waals surface area contributed by atoms with E-state index in [2.05, 4.69) is 162 Å². The van der Waals surface area contributed by atoms with Gasteiger partial charge in [-0.2, -0.15) is 0 Å². The molecule has 0 aliphatic heterocycles. The lowest BCUT2D eigenvalue weighted by atomic mass is 9.95. The molecule has 0 unspecified atom stereocenters.